The van der Waals surface area contributed by atoms with Crippen LogP contribution in [0.5, 0.6) is 0 Å². The number of nitrogens with one attached hydrogen (secondary N) is 2. The zero-order valence-corrected chi connectivity index (χ0v) is 14.9. The second-order valence-electron chi connectivity index (χ2n) is 4.15. The standard InChI is InChI=1S/C12H15ClN2O3.K/c1-7(2)10(11(16)17)15-12(18)14-9-5-3-4-8(13)6-9;/h3-7,10H,1-2H3,(H,16,17)(H2,14,15,18);/q;+1/p-1. The fraction of sp³-hybridized carbons (Fsp3) is 0.333. The van der Waals surface area contributed by atoms with E-state index in [-0.39, 0.29) is 57.3 Å². The number of rotatable bonds is 4. The van der Waals surface area contributed by atoms with E-state index in [0.29, 0.717) is 10.7 Å². The summed E-state index contributed by atoms with van der Waals surface area (Å²) in [6.45, 7) is 3.36. The van der Waals surface area contributed by atoms with Crippen molar-refractivity contribution in [2.75, 3.05) is 5.32 Å². The van der Waals surface area contributed by atoms with Gasteiger partial charge in [0, 0.05) is 10.7 Å². The van der Waals surface area contributed by atoms with E-state index in [0.717, 1.165) is 0 Å². The molecule has 0 fully saturated rings. The molecule has 0 spiro atoms. The predicted molar refractivity (Wildman–Crippen MR) is 67.2 cm³/mol. The molecule has 5 nitrogen and oxygen atoms in total. The molecular weight excluding hydrogens is 295 g/mol. The van der Waals surface area contributed by atoms with Gasteiger partial charge in [0.25, 0.3) is 0 Å². The summed E-state index contributed by atoms with van der Waals surface area (Å²) in [6.07, 6.45) is 0. The van der Waals surface area contributed by atoms with Crippen molar-refractivity contribution in [3.8, 4) is 0 Å². The van der Waals surface area contributed by atoms with Crippen LogP contribution in [-0.2, 0) is 4.79 Å². The Morgan fingerprint density at radius 3 is 2.42 bits per heavy atom. The molecule has 0 aliphatic rings. The SMILES string of the molecule is CC(C)C(NC(=O)Nc1cccc(Cl)c1)C(=O)[O-].[K+]. The maximum atomic E-state index is 11.6. The molecule has 1 aromatic rings. The molecule has 98 valence electrons. The van der Waals surface area contributed by atoms with Crippen LogP contribution in [0.1, 0.15) is 13.8 Å². The van der Waals surface area contributed by atoms with Crippen molar-refractivity contribution in [3.05, 3.63) is 29.3 Å². The van der Waals surface area contributed by atoms with Gasteiger partial charge in [0.2, 0.25) is 0 Å². The number of anilines is 1. The van der Waals surface area contributed by atoms with Crippen LogP contribution in [0.4, 0.5) is 10.5 Å². The van der Waals surface area contributed by atoms with Gasteiger partial charge in [-0.1, -0.05) is 31.5 Å². The Bertz CT molecular complexity index is 454. The first-order valence-electron chi connectivity index (χ1n) is 5.44. The van der Waals surface area contributed by atoms with Gasteiger partial charge in [-0.05, 0) is 24.1 Å². The number of carbonyl (C=O) groups is 2. The summed E-state index contributed by atoms with van der Waals surface area (Å²) in [6, 6.07) is 4.91. The third-order valence-corrected chi connectivity index (χ3v) is 2.52. The second kappa shape index (κ2) is 8.94. The van der Waals surface area contributed by atoms with Gasteiger partial charge in [0.15, 0.2) is 0 Å². The van der Waals surface area contributed by atoms with Crippen molar-refractivity contribution in [2.24, 2.45) is 5.92 Å². The number of halogens is 1. The third-order valence-electron chi connectivity index (χ3n) is 2.29. The van der Waals surface area contributed by atoms with E-state index >= 15 is 0 Å². The summed E-state index contributed by atoms with van der Waals surface area (Å²) in [5.41, 5.74) is 0.487. The van der Waals surface area contributed by atoms with E-state index < -0.39 is 18.0 Å². The number of benzene rings is 1. The van der Waals surface area contributed by atoms with Gasteiger partial charge < -0.3 is 20.5 Å². The molecule has 0 bridgehead atoms. The van der Waals surface area contributed by atoms with Crippen LogP contribution in [0.25, 0.3) is 0 Å². The summed E-state index contributed by atoms with van der Waals surface area (Å²) < 4.78 is 0. The van der Waals surface area contributed by atoms with Crippen molar-refractivity contribution >= 4 is 29.3 Å². The minimum Gasteiger partial charge on any atom is -0.548 e. The summed E-state index contributed by atoms with van der Waals surface area (Å²) in [4.78, 5) is 22.4. The summed E-state index contributed by atoms with van der Waals surface area (Å²) in [5.74, 6) is -1.58. The number of aliphatic carboxylic acids is 1. The number of carboxylic acid groups (broad SMARTS) is 1. The first kappa shape index (κ1) is 18.9. The number of amides is 2. The van der Waals surface area contributed by atoms with Gasteiger partial charge in [-0.2, -0.15) is 0 Å². The van der Waals surface area contributed by atoms with Crippen LogP contribution in [0.15, 0.2) is 24.3 Å². The van der Waals surface area contributed by atoms with Crippen LogP contribution >= 0.6 is 11.6 Å². The maximum Gasteiger partial charge on any atom is 1.00 e. The van der Waals surface area contributed by atoms with Gasteiger partial charge in [-0.15, -0.1) is 0 Å². The van der Waals surface area contributed by atoms with Crippen LogP contribution < -0.4 is 67.1 Å². The Kier molecular flexibility index (Phi) is 8.89. The van der Waals surface area contributed by atoms with E-state index in [1.54, 1.807) is 38.1 Å². The molecule has 0 saturated carbocycles. The molecule has 0 aromatic heterocycles. The molecule has 1 rings (SSSR count). The average molecular weight is 309 g/mol. The summed E-state index contributed by atoms with van der Waals surface area (Å²) in [7, 11) is 0. The maximum absolute atomic E-state index is 11.6. The van der Waals surface area contributed by atoms with Gasteiger partial charge >= 0.3 is 57.4 Å². The second-order valence-corrected chi connectivity index (χ2v) is 4.59. The van der Waals surface area contributed by atoms with Crippen molar-refractivity contribution in [1.82, 2.24) is 5.32 Å². The molecule has 7 heteroatoms. The quantitative estimate of drug-likeness (QED) is 0.647. The molecule has 1 unspecified atom stereocenters. The Morgan fingerprint density at radius 1 is 1.32 bits per heavy atom. The largest absolute Gasteiger partial charge is 1.00 e. The Labute approximate surface area is 159 Å². The van der Waals surface area contributed by atoms with Crippen LogP contribution in [0.3, 0.4) is 0 Å². The van der Waals surface area contributed by atoms with E-state index in [1.807, 2.05) is 0 Å². The molecule has 1 aromatic carbocycles. The van der Waals surface area contributed by atoms with Gasteiger partial charge in [-0.3, -0.25) is 0 Å². The first-order valence-corrected chi connectivity index (χ1v) is 5.82. The third kappa shape index (κ3) is 6.74. The minimum absolute atomic E-state index is 0. The number of carbonyl (C=O) groups excluding carboxylic acids is 2. The van der Waals surface area contributed by atoms with Crippen molar-refractivity contribution in [1.29, 1.82) is 0 Å². The van der Waals surface area contributed by atoms with E-state index in [9.17, 15) is 14.7 Å². The molecule has 0 radical (unpaired) electrons. The fourth-order valence-electron chi connectivity index (χ4n) is 1.37. The van der Waals surface area contributed by atoms with Crippen molar-refractivity contribution < 1.29 is 66.1 Å². The molecule has 0 aliphatic heterocycles. The number of hydrogen-bond acceptors (Lipinski definition) is 3. The molecule has 19 heavy (non-hydrogen) atoms. The Hall–Kier alpha value is -0.114. The van der Waals surface area contributed by atoms with Gasteiger partial charge in [0.1, 0.15) is 0 Å². The molecule has 2 amide bonds. The average Bonchev–Trinajstić information content (AvgIpc) is 2.25. The number of urea groups is 1. The molecule has 2 N–H and O–H groups in total. The topological polar surface area (TPSA) is 81.3 Å². The van der Waals surface area contributed by atoms with E-state index in [4.69, 9.17) is 11.6 Å². The van der Waals surface area contributed by atoms with Crippen LogP contribution in [0, 0.1) is 5.92 Å². The van der Waals surface area contributed by atoms with E-state index in [2.05, 4.69) is 10.6 Å². The normalized spacial score (nSPS) is 11.4. The molecule has 0 heterocycles. The zero-order valence-electron chi connectivity index (χ0n) is 11.1. The first-order chi connectivity index (χ1) is 8.40. The predicted octanol–water partition coefficient (Wildman–Crippen LogP) is -1.76. The van der Waals surface area contributed by atoms with Gasteiger partial charge in [0.05, 0.1) is 12.0 Å². The smallest absolute Gasteiger partial charge is 0.548 e. The van der Waals surface area contributed by atoms with Gasteiger partial charge in [-0.25, -0.2) is 4.79 Å². The van der Waals surface area contributed by atoms with E-state index in [1.165, 1.54) is 0 Å². The molecule has 0 saturated heterocycles. The van der Waals surface area contributed by atoms with Crippen LogP contribution in [-0.4, -0.2) is 18.0 Å². The molecule has 0 aliphatic carbocycles. The number of carboxylic acids is 1. The molecule has 1 atom stereocenters. The Morgan fingerprint density at radius 2 is 1.95 bits per heavy atom. The van der Waals surface area contributed by atoms with Crippen molar-refractivity contribution in [2.45, 2.75) is 19.9 Å². The zero-order chi connectivity index (χ0) is 13.7. The van der Waals surface area contributed by atoms with Crippen LogP contribution in [0.2, 0.25) is 5.02 Å². The summed E-state index contributed by atoms with van der Waals surface area (Å²) >= 11 is 5.76. The minimum atomic E-state index is -1.31. The fourth-order valence-corrected chi connectivity index (χ4v) is 1.56. The molecular formula is C12H14ClKN2O3. The Balaban J connectivity index is 0.00000324. The summed E-state index contributed by atoms with van der Waals surface area (Å²) in [5, 5.41) is 16.1. The van der Waals surface area contributed by atoms with Crippen molar-refractivity contribution in [3.63, 3.8) is 0 Å². The monoisotopic (exact) mass is 308 g/mol. The number of hydrogen-bond donors (Lipinski definition) is 2.